The molecule has 516 valence electrons. The number of rotatable bonds is 68. The van der Waals surface area contributed by atoms with E-state index < -0.39 is 97.5 Å². The minimum absolute atomic E-state index is 0.106. The molecule has 0 radical (unpaired) electrons. The van der Waals surface area contributed by atoms with E-state index in [1.165, 1.54) is 167 Å². The largest absolute Gasteiger partial charge is 0.472 e. The van der Waals surface area contributed by atoms with Crippen LogP contribution in [0.4, 0.5) is 0 Å². The third kappa shape index (κ3) is 62.6. The molecular weight excluding hydrogens is 1150 g/mol. The summed E-state index contributed by atoms with van der Waals surface area (Å²) >= 11 is 0. The van der Waals surface area contributed by atoms with E-state index in [0.29, 0.717) is 25.7 Å². The first-order valence-corrected chi connectivity index (χ1v) is 38.6. The fourth-order valence-electron chi connectivity index (χ4n) is 10.3. The molecule has 0 saturated heterocycles. The van der Waals surface area contributed by atoms with Gasteiger partial charge in [-0.15, -0.1) is 0 Å². The number of hydrogen-bond acceptors (Lipinski definition) is 15. The van der Waals surface area contributed by atoms with Gasteiger partial charge in [0.15, 0.2) is 12.2 Å². The van der Waals surface area contributed by atoms with Crippen LogP contribution in [0.15, 0.2) is 0 Å². The predicted molar refractivity (Wildman–Crippen MR) is 349 cm³/mol. The third-order valence-corrected chi connectivity index (χ3v) is 17.7. The van der Waals surface area contributed by atoms with Crippen molar-refractivity contribution in [3.63, 3.8) is 0 Å². The van der Waals surface area contributed by atoms with Gasteiger partial charge in [-0.25, -0.2) is 9.13 Å². The second-order valence-electron chi connectivity index (χ2n) is 25.0. The van der Waals surface area contributed by atoms with E-state index in [9.17, 15) is 43.2 Å². The highest BCUT2D eigenvalue weighted by Gasteiger charge is 2.30. The van der Waals surface area contributed by atoms with Crippen LogP contribution in [0.2, 0.25) is 0 Å². The Labute approximate surface area is 530 Å². The number of phosphoric acid groups is 2. The zero-order valence-electron chi connectivity index (χ0n) is 56.2. The first-order valence-electron chi connectivity index (χ1n) is 35.6. The molecule has 3 N–H and O–H groups in total. The SMILES string of the molecule is CCCCCCCCCCCCCCCCCCCCC(=O)O[C@H](COC(=O)CCCCCCCCCCCCC(C)C)COP(=O)(O)OC[C@@H](O)COP(=O)(O)OC[C@@H](COC(=O)CCCCCCC)OC(=O)CCCCCCCCCCCCC. The third-order valence-electron chi connectivity index (χ3n) is 15.8. The molecule has 19 heteroatoms. The number of unbranched alkanes of at least 4 members (excludes halogenated alkanes) is 40. The minimum Gasteiger partial charge on any atom is -0.462 e. The fourth-order valence-corrected chi connectivity index (χ4v) is 11.9. The fraction of sp³-hybridized carbons (Fsp3) is 0.941. The Kier molecular flexibility index (Phi) is 60.2. The Morgan fingerprint density at radius 3 is 0.782 bits per heavy atom. The van der Waals surface area contributed by atoms with Gasteiger partial charge in [-0.1, -0.05) is 298 Å². The number of aliphatic hydroxyl groups is 1. The van der Waals surface area contributed by atoms with Crippen LogP contribution in [0.25, 0.3) is 0 Å². The van der Waals surface area contributed by atoms with Gasteiger partial charge in [-0.2, -0.15) is 0 Å². The van der Waals surface area contributed by atoms with Gasteiger partial charge < -0.3 is 33.8 Å². The Hall–Kier alpha value is -1.94. The Bertz CT molecular complexity index is 1690. The van der Waals surface area contributed by atoms with Crippen molar-refractivity contribution < 1.29 is 80.2 Å². The molecule has 5 atom stereocenters. The van der Waals surface area contributed by atoms with Gasteiger partial charge in [-0.3, -0.25) is 37.3 Å². The molecule has 0 amide bonds. The topological polar surface area (TPSA) is 237 Å². The van der Waals surface area contributed by atoms with Gasteiger partial charge in [0.1, 0.15) is 19.3 Å². The van der Waals surface area contributed by atoms with Crippen molar-refractivity contribution in [1.82, 2.24) is 0 Å². The van der Waals surface area contributed by atoms with Crippen molar-refractivity contribution in [2.24, 2.45) is 5.92 Å². The number of ether oxygens (including phenoxy) is 4. The van der Waals surface area contributed by atoms with E-state index in [0.717, 1.165) is 102 Å². The van der Waals surface area contributed by atoms with Crippen molar-refractivity contribution in [3.8, 4) is 0 Å². The first kappa shape index (κ1) is 85.1. The molecule has 0 aromatic rings. The lowest BCUT2D eigenvalue weighted by Gasteiger charge is -2.21. The van der Waals surface area contributed by atoms with Gasteiger partial charge in [0, 0.05) is 25.7 Å². The number of aliphatic hydroxyl groups excluding tert-OH is 1. The summed E-state index contributed by atoms with van der Waals surface area (Å²) in [5, 5.41) is 10.5. The summed E-state index contributed by atoms with van der Waals surface area (Å²) in [6.07, 6.45) is 47.6. The molecule has 0 aliphatic heterocycles. The van der Waals surface area contributed by atoms with Crippen LogP contribution in [0.1, 0.15) is 349 Å². The summed E-state index contributed by atoms with van der Waals surface area (Å²) in [6, 6.07) is 0. The van der Waals surface area contributed by atoms with E-state index in [1.54, 1.807) is 0 Å². The molecule has 87 heavy (non-hydrogen) atoms. The van der Waals surface area contributed by atoms with Crippen molar-refractivity contribution in [2.75, 3.05) is 39.6 Å². The molecule has 0 aromatic heterocycles. The number of hydrogen-bond donors (Lipinski definition) is 3. The lowest BCUT2D eigenvalue weighted by atomic mass is 10.0. The molecule has 0 rings (SSSR count). The summed E-state index contributed by atoms with van der Waals surface area (Å²) in [6.45, 7) is 7.14. The maximum Gasteiger partial charge on any atom is 0.472 e. The molecule has 0 saturated carbocycles. The predicted octanol–water partition coefficient (Wildman–Crippen LogP) is 19.4. The summed E-state index contributed by atoms with van der Waals surface area (Å²) in [4.78, 5) is 72.2. The Balaban J connectivity index is 5.15. The summed E-state index contributed by atoms with van der Waals surface area (Å²) in [5.41, 5.74) is 0. The molecule has 2 unspecified atom stereocenters. The average Bonchev–Trinajstić information content (AvgIpc) is 3.70. The average molecular weight is 1280 g/mol. The quantitative estimate of drug-likeness (QED) is 0.0222. The smallest absolute Gasteiger partial charge is 0.462 e. The summed E-state index contributed by atoms with van der Waals surface area (Å²) < 4.78 is 68.0. The van der Waals surface area contributed by atoms with Gasteiger partial charge in [0.05, 0.1) is 26.4 Å². The highest BCUT2D eigenvalue weighted by atomic mass is 31.2. The van der Waals surface area contributed by atoms with Gasteiger partial charge in [0.25, 0.3) is 0 Å². The zero-order valence-corrected chi connectivity index (χ0v) is 57.9. The van der Waals surface area contributed by atoms with Gasteiger partial charge >= 0.3 is 39.5 Å². The second kappa shape index (κ2) is 61.6. The second-order valence-corrected chi connectivity index (χ2v) is 27.9. The number of phosphoric ester groups is 2. The van der Waals surface area contributed by atoms with Crippen LogP contribution >= 0.6 is 15.6 Å². The maximum atomic E-state index is 13.0. The van der Waals surface area contributed by atoms with E-state index in [1.807, 2.05) is 0 Å². The van der Waals surface area contributed by atoms with Crippen molar-refractivity contribution in [2.45, 2.75) is 368 Å². The van der Waals surface area contributed by atoms with E-state index in [4.69, 9.17) is 37.0 Å². The monoisotopic (exact) mass is 1280 g/mol. The standard InChI is InChI=1S/C68H132O17P2/c1-6-9-12-15-17-19-21-22-23-24-25-26-27-29-35-39-44-49-54-68(73)85-64(58-79-66(71)52-47-42-37-33-31-30-32-36-41-45-50-61(4)5)60-83-87(76,77)81-56-62(69)55-80-86(74,75)82-59-63(57-78-65(70)51-46-40-14-11-8-3)84-67(72)53-48-43-38-34-28-20-18-16-13-10-7-2/h61-64,69H,6-60H2,1-5H3,(H,74,75)(H,76,77)/t62-,63+,64+/m0/s1. The molecule has 0 heterocycles. The normalized spacial score (nSPS) is 14.1. The van der Waals surface area contributed by atoms with Gasteiger partial charge in [-0.05, 0) is 31.6 Å². The zero-order chi connectivity index (χ0) is 64.2. The Morgan fingerprint density at radius 1 is 0.310 bits per heavy atom. The molecule has 0 bridgehead atoms. The number of carbonyl (C=O) groups is 4. The number of esters is 4. The minimum atomic E-state index is -4.95. The number of carbonyl (C=O) groups excluding carboxylic acids is 4. The lowest BCUT2D eigenvalue weighted by molar-refractivity contribution is -0.161. The molecular formula is C68H132O17P2. The van der Waals surface area contributed by atoms with Crippen LogP contribution in [0.5, 0.6) is 0 Å². The molecule has 0 fully saturated rings. The van der Waals surface area contributed by atoms with Gasteiger partial charge in [0.2, 0.25) is 0 Å². The molecule has 0 aliphatic carbocycles. The highest BCUT2D eigenvalue weighted by molar-refractivity contribution is 7.47. The molecule has 0 spiro atoms. The van der Waals surface area contributed by atoms with E-state index in [-0.39, 0.29) is 25.7 Å². The van der Waals surface area contributed by atoms with E-state index in [2.05, 4.69) is 34.6 Å². The maximum absolute atomic E-state index is 13.0. The Morgan fingerprint density at radius 2 is 0.529 bits per heavy atom. The van der Waals surface area contributed by atoms with Crippen LogP contribution in [0, 0.1) is 5.92 Å². The first-order chi connectivity index (χ1) is 42.0. The molecule has 17 nitrogen and oxygen atoms in total. The summed E-state index contributed by atoms with van der Waals surface area (Å²) in [5.74, 6) is -1.38. The molecule has 0 aromatic carbocycles. The lowest BCUT2D eigenvalue weighted by Crippen LogP contribution is -2.30. The van der Waals surface area contributed by atoms with Crippen molar-refractivity contribution >= 4 is 39.5 Å². The van der Waals surface area contributed by atoms with Crippen LogP contribution in [-0.4, -0.2) is 96.7 Å². The van der Waals surface area contributed by atoms with Crippen LogP contribution < -0.4 is 0 Å². The van der Waals surface area contributed by atoms with Crippen LogP contribution in [-0.2, 0) is 65.4 Å². The molecule has 0 aliphatic rings. The highest BCUT2D eigenvalue weighted by Crippen LogP contribution is 2.45. The van der Waals surface area contributed by atoms with Crippen molar-refractivity contribution in [1.29, 1.82) is 0 Å². The van der Waals surface area contributed by atoms with E-state index >= 15 is 0 Å². The summed E-state index contributed by atoms with van der Waals surface area (Å²) in [7, 11) is -9.88. The van der Waals surface area contributed by atoms with Crippen molar-refractivity contribution in [3.05, 3.63) is 0 Å². The van der Waals surface area contributed by atoms with Crippen LogP contribution in [0.3, 0.4) is 0 Å².